The van der Waals surface area contributed by atoms with Crippen LogP contribution in [0.3, 0.4) is 0 Å². The number of benzene rings is 1. The molecule has 0 saturated carbocycles. The molecule has 0 aliphatic carbocycles. The average molecular weight is 424 g/mol. The lowest BCUT2D eigenvalue weighted by atomic mass is 10.2. The maximum absolute atomic E-state index is 13.0. The van der Waals surface area contributed by atoms with Gasteiger partial charge in [0.1, 0.15) is 11.4 Å². The molecule has 0 aliphatic rings. The molecule has 1 aromatic carbocycles. The molecular formula is C18H15F3N4O3S. The summed E-state index contributed by atoms with van der Waals surface area (Å²) >= 11 is 1.27. The summed E-state index contributed by atoms with van der Waals surface area (Å²) in [6.07, 6.45) is -4.44. The van der Waals surface area contributed by atoms with Crippen LogP contribution >= 0.6 is 11.8 Å². The third-order valence-corrected chi connectivity index (χ3v) is 4.55. The van der Waals surface area contributed by atoms with E-state index >= 15 is 0 Å². The Morgan fingerprint density at radius 3 is 2.45 bits per heavy atom. The summed E-state index contributed by atoms with van der Waals surface area (Å²) < 4.78 is 42.9. The van der Waals surface area contributed by atoms with E-state index in [2.05, 4.69) is 14.7 Å². The Morgan fingerprint density at radius 1 is 1.17 bits per heavy atom. The van der Waals surface area contributed by atoms with E-state index in [1.165, 1.54) is 52.7 Å². The lowest BCUT2D eigenvalue weighted by Crippen LogP contribution is -2.23. The Hall–Kier alpha value is -3.08. The van der Waals surface area contributed by atoms with E-state index in [4.69, 9.17) is 5.73 Å². The van der Waals surface area contributed by atoms with Gasteiger partial charge in [0.25, 0.3) is 11.5 Å². The van der Waals surface area contributed by atoms with Crippen LogP contribution in [0.2, 0.25) is 0 Å². The first-order chi connectivity index (χ1) is 13.7. The van der Waals surface area contributed by atoms with Crippen LogP contribution in [0, 0.1) is 0 Å². The van der Waals surface area contributed by atoms with E-state index in [-0.39, 0.29) is 22.5 Å². The second-order valence-corrected chi connectivity index (χ2v) is 7.03. The van der Waals surface area contributed by atoms with Gasteiger partial charge in [-0.3, -0.25) is 14.2 Å². The number of fused-ring (bicyclic) bond motifs is 1. The third-order valence-electron chi connectivity index (χ3n) is 3.72. The zero-order valence-electron chi connectivity index (χ0n) is 15.1. The number of carbonyl (C=O) groups is 1. The maximum atomic E-state index is 13.0. The molecule has 0 aliphatic heterocycles. The Labute approximate surface area is 166 Å². The zero-order valence-corrected chi connectivity index (χ0v) is 15.9. The molecule has 0 bridgehead atoms. The number of rotatable bonds is 6. The molecule has 2 heterocycles. The van der Waals surface area contributed by atoms with Gasteiger partial charge < -0.3 is 10.5 Å². The second-order valence-electron chi connectivity index (χ2n) is 5.80. The van der Waals surface area contributed by atoms with Crippen molar-refractivity contribution < 1.29 is 22.7 Å². The van der Waals surface area contributed by atoms with Gasteiger partial charge in [-0.15, -0.1) is 0 Å². The topological polar surface area (TPSA) is 100 Å². The summed E-state index contributed by atoms with van der Waals surface area (Å²) in [6.45, 7) is 0.460. The summed E-state index contributed by atoms with van der Waals surface area (Å²) in [6, 6.07) is 8.35. The number of primary amides is 1. The van der Waals surface area contributed by atoms with Crippen molar-refractivity contribution in [3.8, 4) is 11.4 Å². The molecule has 0 atom stereocenters. The minimum absolute atomic E-state index is 0.0132. The highest BCUT2D eigenvalue weighted by molar-refractivity contribution is 7.99. The molecule has 2 aromatic heterocycles. The Balaban J connectivity index is 2.07. The molecule has 0 fully saturated rings. The van der Waals surface area contributed by atoms with Gasteiger partial charge in [-0.05, 0) is 42.2 Å². The van der Waals surface area contributed by atoms with Gasteiger partial charge in [-0.1, -0.05) is 18.7 Å². The van der Waals surface area contributed by atoms with Gasteiger partial charge in [0, 0.05) is 0 Å². The molecule has 0 spiro atoms. The molecule has 2 N–H and O–H groups in total. The summed E-state index contributed by atoms with van der Waals surface area (Å²) in [5.74, 6) is -0.123. The average Bonchev–Trinajstić information content (AvgIpc) is 2.66. The van der Waals surface area contributed by atoms with Crippen molar-refractivity contribution in [3.63, 3.8) is 0 Å². The van der Waals surface area contributed by atoms with E-state index in [0.29, 0.717) is 16.6 Å². The summed E-state index contributed by atoms with van der Waals surface area (Å²) in [5, 5.41) is 0.496. The SMILES string of the molecule is CCSc1nc2nc(C(N)=O)ccc2c(=O)n1-c1ccc(OCC(F)(F)F)cc1. The number of hydrogen-bond acceptors (Lipinski definition) is 6. The number of halogens is 3. The number of aromatic nitrogens is 3. The van der Waals surface area contributed by atoms with E-state index < -0.39 is 24.2 Å². The molecule has 7 nitrogen and oxygen atoms in total. The number of carbonyl (C=O) groups excluding carboxylic acids is 1. The number of hydrogen-bond donors (Lipinski definition) is 1. The fourth-order valence-corrected chi connectivity index (χ4v) is 3.22. The van der Waals surface area contributed by atoms with Gasteiger partial charge in [0.2, 0.25) is 0 Å². The van der Waals surface area contributed by atoms with E-state index in [9.17, 15) is 22.8 Å². The minimum atomic E-state index is -4.44. The van der Waals surface area contributed by atoms with Crippen LogP contribution in [0.1, 0.15) is 17.4 Å². The fraction of sp³-hybridized carbons (Fsp3) is 0.222. The Morgan fingerprint density at radius 2 is 1.86 bits per heavy atom. The van der Waals surface area contributed by atoms with Crippen LogP contribution in [0.25, 0.3) is 16.7 Å². The zero-order chi connectivity index (χ0) is 21.2. The summed E-state index contributed by atoms with van der Waals surface area (Å²) in [7, 11) is 0. The molecule has 0 radical (unpaired) electrons. The Bertz CT molecular complexity index is 1110. The molecule has 29 heavy (non-hydrogen) atoms. The molecule has 0 unspecified atom stereocenters. The summed E-state index contributed by atoms with van der Waals surface area (Å²) in [5.41, 5.74) is 5.27. The molecule has 1 amide bonds. The van der Waals surface area contributed by atoms with Gasteiger partial charge in [0.15, 0.2) is 17.4 Å². The lowest BCUT2D eigenvalue weighted by molar-refractivity contribution is -0.153. The fourth-order valence-electron chi connectivity index (χ4n) is 2.50. The monoisotopic (exact) mass is 424 g/mol. The van der Waals surface area contributed by atoms with Gasteiger partial charge in [0.05, 0.1) is 11.1 Å². The molecule has 0 saturated heterocycles. The van der Waals surface area contributed by atoms with Crippen molar-refractivity contribution in [1.29, 1.82) is 0 Å². The van der Waals surface area contributed by atoms with E-state index in [1.54, 1.807) is 0 Å². The first kappa shape index (κ1) is 20.6. The van der Waals surface area contributed by atoms with Crippen LogP contribution in [-0.2, 0) is 0 Å². The second kappa shape index (κ2) is 8.11. The van der Waals surface area contributed by atoms with Crippen LogP contribution in [-0.4, -0.2) is 39.0 Å². The van der Waals surface area contributed by atoms with Crippen molar-refractivity contribution in [2.45, 2.75) is 18.3 Å². The van der Waals surface area contributed by atoms with Gasteiger partial charge in [-0.25, -0.2) is 9.97 Å². The lowest BCUT2D eigenvalue weighted by Gasteiger charge is -2.14. The predicted octanol–water partition coefficient (Wildman–Crippen LogP) is 2.93. The third kappa shape index (κ3) is 4.67. The van der Waals surface area contributed by atoms with E-state index in [0.717, 1.165) is 0 Å². The highest BCUT2D eigenvalue weighted by Gasteiger charge is 2.28. The number of thioether (sulfide) groups is 1. The number of alkyl halides is 3. The maximum Gasteiger partial charge on any atom is 0.422 e. The van der Waals surface area contributed by atoms with Crippen LogP contribution in [0.4, 0.5) is 13.2 Å². The van der Waals surface area contributed by atoms with Crippen LogP contribution < -0.4 is 16.0 Å². The molecule has 152 valence electrons. The normalized spacial score (nSPS) is 11.6. The number of amides is 1. The number of nitrogens with two attached hydrogens (primary N) is 1. The van der Waals surface area contributed by atoms with Crippen molar-refractivity contribution in [2.75, 3.05) is 12.4 Å². The highest BCUT2D eigenvalue weighted by atomic mass is 32.2. The van der Waals surface area contributed by atoms with Crippen molar-refractivity contribution in [2.24, 2.45) is 5.73 Å². The predicted molar refractivity (Wildman–Crippen MR) is 102 cm³/mol. The molecule has 3 rings (SSSR count). The smallest absolute Gasteiger partial charge is 0.422 e. The Kier molecular flexibility index (Phi) is 5.78. The largest absolute Gasteiger partial charge is 0.484 e. The molecular weight excluding hydrogens is 409 g/mol. The number of nitrogens with zero attached hydrogens (tertiary/aromatic N) is 3. The molecule has 11 heteroatoms. The standard InChI is InChI=1S/C18H15F3N4O3S/c1-2-29-17-24-15-12(7-8-13(23-15)14(22)26)16(27)25(17)10-3-5-11(6-4-10)28-9-18(19,20)21/h3-8H,2,9H2,1H3,(H2,22,26). The summed E-state index contributed by atoms with van der Waals surface area (Å²) in [4.78, 5) is 32.8. The highest BCUT2D eigenvalue weighted by Crippen LogP contribution is 2.23. The number of pyridine rings is 1. The minimum Gasteiger partial charge on any atom is -0.484 e. The van der Waals surface area contributed by atoms with Crippen molar-refractivity contribution >= 4 is 28.7 Å². The first-order valence-electron chi connectivity index (χ1n) is 8.36. The number of ether oxygens (including phenoxy) is 1. The molecule has 3 aromatic rings. The quantitative estimate of drug-likeness (QED) is 0.482. The van der Waals surface area contributed by atoms with Gasteiger partial charge >= 0.3 is 6.18 Å². The van der Waals surface area contributed by atoms with Crippen molar-refractivity contribution in [1.82, 2.24) is 14.5 Å². The first-order valence-corrected chi connectivity index (χ1v) is 9.34. The van der Waals surface area contributed by atoms with Crippen LogP contribution in [0.15, 0.2) is 46.3 Å². The van der Waals surface area contributed by atoms with Gasteiger partial charge in [-0.2, -0.15) is 13.2 Å². The van der Waals surface area contributed by atoms with E-state index in [1.807, 2.05) is 6.92 Å². The van der Waals surface area contributed by atoms with Crippen LogP contribution in [0.5, 0.6) is 5.75 Å². The van der Waals surface area contributed by atoms with Crippen molar-refractivity contribution in [3.05, 3.63) is 52.4 Å².